The number of aromatic amines is 1. The van der Waals surface area contributed by atoms with Crippen molar-refractivity contribution in [1.29, 1.82) is 0 Å². The second-order valence-corrected chi connectivity index (χ2v) is 7.33. The van der Waals surface area contributed by atoms with Crippen LogP contribution in [0.4, 0.5) is 0 Å². The summed E-state index contributed by atoms with van der Waals surface area (Å²) < 4.78 is 1.95. The Morgan fingerprint density at radius 3 is 2.57 bits per heavy atom. The lowest BCUT2D eigenvalue weighted by Crippen LogP contribution is -2.37. The maximum Gasteiger partial charge on any atom is 0.329 e. The lowest BCUT2D eigenvalue weighted by atomic mass is 10.0. The standard InChI is InChI=1S/C20H19BrN4O3/c1-4-14-17(18(26)15-8-11(2)7-12(3)23-15)25(20(28)24-19(14)27)10-13-5-6-16(21)22-9-13/h5-9H,4,10H2,1-3H3,(H,24,27,28). The molecule has 0 aliphatic rings. The van der Waals surface area contributed by atoms with Crippen LogP contribution in [0.1, 0.15) is 45.5 Å². The summed E-state index contributed by atoms with van der Waals surface area (Å²) in [6.07, 6.45) is 1.91. The molecule has 3 aromatic heterocycles. The van der Waals surface area contributed by atoms with E-state index in [1.807, 2.05) is 13.0 Å². The van der Waals surface area contributed by atoms with Crippen molar-refractivity contribution in [1.82, 2.24) is 19.5 Å². The number of aryl methyl sites for hydroxylation is 2. The molecule has 1 N–H and O–H groups in total. The van der Waals surface area contributed by atoms with E-state index in [0.717, 1.165) is 11.1 Å². The van der Waals surface area contributed by atoms with E-state index in [2.05, 4.69) is 30.9 Å². The molecule has 0 aliphatic heterocycles. The second-order valence-electron chi connectivity index (χ2n) is 6.52. The Morgan fingerprint density at radius 1 is 1.21 bits per heavy atom. The van der Waals surface area contributed by atoms with E-state index < -0.39 is 17.0 Å². The van der Waals surface area contributed by atoms with E-state index in [0.29, 0.717) is 16.7 Å². The molecule has 0 bridgehead atoms. The molecule has 0 amide bonds. The number of halogens is 1. The van der Waals surface area contributed by atoms with Crippen LogP contribution in [0.25, 0.3) is 0 Å². The van der Waals surface area contributed by atoms with Crippen LogP contribution in [0.2, 0.25) is 0 Å². The summed E-state index contributed by atoms with van der Waals surface area (Å²) >= 11 is 3.27. The Balaban J connectivity index is 2.22. The largest absolute Gasteiger partial charge is 0.329 e. The highest BCUT2D eigenvalue weighted by Crippen LogP contribution is 2.15. The van der Waals surface area contributed by atoms with Gasteiger partial charge in [-0.2, -0.15) is 0 Å². The van der Waals surface area contributed by atoms with Gasteiger partial charge in [-0.1, -0.05) is 13.0 Å². The van der Waals surface area contributed by atoms with Crippen LogP contribution in [-0.2, 0) is 13.0 Å². The van der Waals surface area contributed by atoms with Gasteiger partial charge in [0, 0.05) is 17.5 Å². The van der Waals surface area contributed by atoms with E-state index in [-0.39, 0.29) is 23.5 Å². The second kappa shape index (κ2) is 8.02. The quantitative estimate of drug-likeness (QED) is 0.483. The van der Waals surface area contributed by atoms with Gasteiger partial charge in [0.1, 0.15) is 16.0 Å². The summed E-state index contributed by atoms with van der Waals surface area (Å²) in [6, 6.07) is 7.06. The molecule has 28 heavy (non-hydrogen) atoms. The third kappa shape index (κ3) is 4.01. The number of carbonyl (C=O) groups excluding carboxylic acids is 1. The van der Waals surface area contributed by atoms with Crippen molar-refractivity contribution in [3.8, 4) is 0 Å². The normalized spacial score (nSPS) is 10.9. The summed E-state index contributed by atoms with van der Waals surface area (Å²) in [5.74, 6) is -0.447. The molecule has 0 saturated carbocycles. The molecule has 8 heteroatoms. The number of nitrogens with one attached hydrogen (secondary N) is 1. The molecule has 0 radical (unpaired) electrons. The number of hydrogen-bond acceptors (Lipinski definition) is 5. The third-order valence-corrected chi connectivity index (χ3v) is 4.79. The first-order valence-corrected chi connectivity index (χ1v) is 9.56. The predicted octanol–water partition coefficient (Wildman–Crippen LogP) is 2.55. The number of aromatic nitrogens is 4. The number of H-pyrrole nitrogens is 1. The van der Waals surface area contributed by atoms with E-state index >= 15 is 0 Å². The van der Waals surface area contributed by atoms with Crippen LogP contribution >= 0.6 is 15.9 Å². The van der Waals surface area contributed by atoms with Gasteiger partial charge in [0.2, 0.25) is 5.78 Å². The van der Waals surface area contributed by atoms with Crippen LogP contribution in [0.3, 0.4) is 0 Å². The van der Waals surface area contributed by atoms with Crippen molar-refractivity contribution in [2.75, 3.05) is 0 Å². The average molecular weight is 443 g/mol. The molecule has 0 unspecified atom stereocenters. The number of ketones is 1. The number of hydrogen-bond donors (Lipinski definition) is 1. The molecule has 3 aromatic rings. The first-order valence-electron chi connectivity index (χ1n) is 8.76. The molecule has 0 atom stereocenters. The molecule has 0 spiro atoms. The van der Waals surface area contributed by atoms with E-state index in [4.69, 9.17) is 0 Å². The molecule has 7 nitrogen and oxygen atoms in total. The minimum Gasteiger partial charge on any atom is -0.285 e. The van der Waals surface area contributed by atoms with Gasteiger partial charge in [0.05, 0.1) is 6.54 Å². The minimum atomic E-state index is -0.641. The van der Waals surface area contributed by atoms with Crippen LogP contribution in [0.15, 0.2) is 44.7 Å². The maximum atomic E-state index is 13.3. The zero-order valence-electron chi connectivity index (χ0n) is 15.7. The molecule has 0 fully saturated rings. The van der Waals surface area contributed by atoms with Gasteiger partial charge in [-0.15, -0.1) is 0 Å². The van der Waals surface area contributed by atoms with Crippen LogP contribution < -0.4 is 11.2 Å². The highest BCUT2D eigenvalue weighted by molar-refractivity contribution is 9.10. The summed E-state index contributed by atoms with van der Waals surface area (Å²) in [6.45, 7) is 5.54. The van der Waals surface area contributed by atoms with Gasteiger partial charge >= 0.3 is 5.69 Å². The number of nitrogens with zero attached hydrogens (tertiary/aromatic N) is 3. The average Bonchev–Trinajstić information content (AvgIpc) is 2.64. The molecule has 0 aliphatic carbocycles. The zero-order valence-corrected chi connectivity index (χ0v) is 17.3. The fraction of sp³-hybridized carbons (Fsp3) is 0.250. The number of rotatable bonds is 5. The number of carbonyl (C=O) groups is 1. The Kier molecular flexibility index (Phi) is 5.69. The molecular formula is C20H19BrN4O3. The molecule has 3 heterocycles. The van der Waals surface area contributed by atoms with Crippen molar-refractivity contribution in [2.45, 2.75) is 33.7 Å². The Labute approximate surface area is 169 Å². The van der Waals surface area contributed by atoms with Gasteiger partial charge in [-0.25, -0.2) is 14.8 Å². The molecule has 0 saturated heterocycles. The lowest BCUT2D eigenvalue weighted by Gasteiger charge is -2.15. The zero-order chi connectivity index (χ0) is 20.4. The van der Waals surface area contributed by atoms with Crippen molar-refractivity contribution in [3.05, 3.63) is 89.7 Å². The first kappa shape index (κ1) is 19.9. The highest BCUT2D eigenvalue weighted by atomic mass is 79.9. The van der Waals surface area contributed by atoms with Gasteiger partial charge in [-0.05, 0) is 65.5 Å². The smallest absolute Gasteiger partial charge is 0.285 e. The first-order chi connectivity index (χ1) is 13.3. The van der Waals surface area contributed by atoms with Gasteiger partial charge in [0.15, 0.2) is 0 Å². The molecule has 144 valence electrons. The molecular weight excluding hydrogens is 424 g/mol. The van der Waals surface area contributed by atoms with Crippen molar-refractivity contribution >= 4 is 21.7 Å². The SMILES string of the molecule is CCc1c(C(=O)c2cc(C)cc(C)n2)n(Cc2ccc(Br)nc2)c(=O)[nH]c1=O. The minimum absolute atomic E-state index is 0.0664. The summed E-state index contributed by atoms with van der Waals surface area (Å²) in [5, 5.41) is 0. The van der Waals surface area contributed by atoms with E-state index in [9.17, 15) is 14.4 Å². The Morgan fingerprint density at radius 2 is 1.96 bits per heavy atom. The molecule has 3 rings (SSSR count). The van der Waals surface area contributed by atoms with Gasteiger partial charge in [0.25, 0.3) is 5.56 Å². The lowest BCUT2D eigenvalue weighted by molar-refractivity contribution is 0.102. The monoisotopic (exact) mass is 442 g/mol. The van der Waals surface area contributed by atoms with Crippen LogP contribution in [0.5, 0.6) is 0 Å². The fourth-order valence-electron chi connectivity index (χ4n) is 3.11. The summed E-state index contributed by atoms with van der Waals surface area (Å²) in [5.41, 5.74) is 1.64. The van der Waals surface area contributed by atoms with Crippen LogP contribution in [0, 0.1) is 13.8 Å². The molecule has 0 aromatic carbocycles. The van der Waals surface area contributed by atoms with Crippen molar-refractivity contribution in [2.24, 2.45) is 0 Å². The van der Waals surface area contributed by atoms with E-state index in [1.165, 1.54) is 4.57 Å². The maximum absolute atomic E-state index is 13.3. The summed E-state index contributed by atoms with van der Waals surface area (Å²) in [7, 11) is 0. The van der Waals surface area contributed by atoms with Gasteiger partial charge < -0.3 is 0 Å². The fourth-order valence-corrected chi connectivity index (χ4v) is 3.35. The third-order valence-electron chi connectivity index (χ3n) is 4.32. The highest BCUT2D eigenvalue weighted by Gasteiger charge is 2.23. The topological polar surface area (TPSA) is 97.7 Å². The van der Waals surface area contributed by atoms with Gasteiger partial charge in [-0.3, -0.25) is 19.1 Å². The Hall–Kier alpha value is -2.87. The predicted molar refractivity (Wildman–Crippen MR) is 109 cm³/mol. The number of pyridine rings is 2. The summed E-state index contributed by atoms with van der Waals surface area (Å²) in [4.78, 5) is 49.0. The van der Waals surface area contributed by atoms with E-state index in [1.54, 1.807) is 38.2 Å². The van der Waals surface area contributed by atoms with Crippen LogP contribution in [-0.4, -0.2) is 25.3 Å². The Bertz CT molecular complexity index is 1140. The van der Waals surface area contributed by atoms with Crippen molar-refractivity contribution in [3.63, 3.8) is 0 Å². The van der Waals surface area contributed by atoms with Crippen molar-refractivity contribution < 1.29 is 4.79 Å².